The van der Waals surface area contributed by atoms with Crippen LogP contribution in [0.3, 0.4) is 0 Å². The van der Waals surface area contributed by atoms with Gasteiger partial charge in [-0.05, 0) is 25.0 Å². The van der Waals surface area contributed by atoms with Crippen LogP contribution in [0.2, 0.25) is 0 Å². The minimum Gasteiger partial charge on any atom is -0.477 e. The number of carbonyl (C=O) groups is 1. The highest BCUT2D eigenvalue weighted by atomic mass is 19.1. The molecule has 3 N–H and O–H groups in total. The Morgan fingerprint density at radius 3 is 2.26 bits per heavy atom. The number of hydrogen-bond acceptors (Lipinski definition) is 6. The van der Waals surface area contributed by atoms with E-state index in [1.165, 1.54) is 6.20 Å². The second-order valence-electron chi connectivity index (χ2n) is 9.28. The summed E-state index contributed by atoms with van der Waals surface area (Å²) < 4.78 is 22.3. The van der Waals surface area contributed by atoms with Crippen molar-refractivity contribution in [3.8, 4) is 0 Å². The molecule has 0 amide bonds. The number of carboxylic acid groups (broad SMARTS) is 1. The summed E-state index contributed by atoms with van der Waals surface area (Å²) >= 11 is 0. The summed E-state index contributed by atoms with van der Waals surface area (Å²) in [6.07, 6.45) is 3.42. The van der Waals surface area contributed by atoms with Crippen LogP contribution in [0.25, 0.3) is 10.9 Å². The molecular formula is C24H29FN6O4. The molecule has 1 aromatic carbocycles. The smallest absolute Gasteiger partial charge is 0.341 e. The van der Waals surface area contributed by atoms with Gasteiger partial charge in [0.2, 0.25) is 5.43 Å². The first kappa shape index (κ1) is 23.3. The van der Waals surface area contributed by atoms with Crippen molar-refractivity contribution in [3.05, 3.63) is 39.9 Å². The molecule has 2 saturated heterocycles. The molecule has 5 rings (SSSR count). The number of morpholine rings is 1. The number of halogens is 1. The molecule has 11 heteroatoms. The zero-order valence-corrected chi connectivity index (χ0v) is 19.4. The third kappa shape index (κ3) is 4.60. The number of fused-ring (bicyclic) bond motifs is 1. The lowest BCUT2D eigenvalue weighted by atomic mass is 10.1. The summed E-state index contributed by atoms with van der Waals surface area (Å²) in [5.41, 5.74) is -0.0863. The van der Waals surface area contributed by atoms with E-state index in [-0.39, 0.29) is 23.4 Å². The Morgan fingerprint density at radius 2 is 1.66 bits per heavy atom. The van der Waals surface area contributed by atoms with Crippen LogP contribution < -0.4 is 10.3 Å². The average Bonchev–Trinajstić information content (AvgIpc) is 3.70. The van der Waals surface area contributed by atoms with Gasteiger partial charge in [-0.1, -0.05) is 0 Å². The van der Waals surface area contributed by atoms with Crippen molar-refractivity contribution in [1.29, 1.82) is 10.8 Å². The second-order valence-corrected chi connectivity index (χ2v) is 9.28. The van der Waals surface area contributed by atoms with E-state index in [1.807, 2.05) is 14.7 Å². The summed E-state index contributed by atoms with van der Waals surface area (Å²) in [7, 11) is 0. The number of aromatic carboxylic acids is 1. The summed E-state index contributed by atoms with van der Waals surface area (Å²) in [5, 5.41) is 26.3. The van der Waals surface area contributed by atoms with E-state index >= 15 is 4.39 Å². The number of pyridine rings is 1. The van der Waals surface area contributed by atoms with Crippen LogP contribution >= 0.6 is 0 Å². The van der Waals surface area contributed by atoms with Gasteiger partial charge in [-0.2, -0.15) is 0 Å². The van der Waals surface area contributed by atoms with Gasteiger partial charge in [0, 0.05) is 56.9 Å². The van der Waals surface area contributed by atoms with Crippen LogP contribution in [-0.2, 0) is 4.74 Å². The highest BCUT2D eigenvalue weighted by Gasteiger charge is 2.29. The standard InChI is InChI=1S/C24H29FN6O4/c25-18-11-16-19(31(15-1-2-15)14-17(23(16)32)24(33)34)12-20(18)28-3-5-29(6-4-28)21(26)13-22(27)30-7-9-35-10-8-30/h11-12,14-15,26-27H,1-10,13H2,(H,33,34). The highest BCUT2D eigenvalue weighted by molar-refractivity contribution is 5.99. The molecule has 3 fully saturated rings. The number of hydrogen-bond donors (Lipinski definition) is 3. The number of carboxylic acids is 1. The molecule has 0 unspecified atom stereocenters. The van der Waals surface area contributed by atoms with Crippen LogP contribution in [-0.4, -0.2) is 89.6 Å². The summed E-state index contributed by atoms with van der Waals surface area (Å²) in [6, 6.07) is 2.94. The molecule has 0 spiro atoms. The zero-order valence-electron chi connectivity index (χ0n) is 19.4. The number of nitrogens with zero attached hydrogens (tertiary/aromatic N) is 4. The molecule has 1 saturated carbocycles. The van der Waals surface area contributed by atoms with E-state index in [4.69, 9.17) is 15.6 Å². The molecule has 3 heterocycles. The van der Waals surface area contributed by atoms with Crippen molar-refractivity contribution in [3.63, 3.8) is 0 Å². The zero-order chi connectivity index (χ0) is 24.7. The lowest BCUT2D eigenvalue weighted by Crippen LogP contribution is -2.50. The maximum absolute atomic E-state index is 15.2. The molecular weight excluding hydrogens is 455 g/mol. The van der Waals surface area contributed by atoms with Gasteiger partial charge in [-0.15, -0.1) is 0 Å². The topological polar surface area (TPSA) is 126 Å². The number of aromatic nitrogens is 1. The number of benzene rings is 1. The predicted octanol–water partition coefficient (Wildman–Crippen LogP) is 1.97. The molecule has 0 radical (unpaired) electrons. The molecule has 3 aliphatic rings. The van der Waals surface area contributed by atoms with E-state index < -0.39 is 17.2 Å². The number of anilines is 1. The van der Waals surface area contributed by atoms with Crippen molar-refractivity contribution in [2.24, 2.45) is 0 Å². The fraction of sp³-hybridized carbons (Fsp3) is 0.500. The Kier molecular flexibility index (Phi) is 6.18. The fourth-order valence-electron chi connectivity index (χ4n) is 4.84. The van der Waals surface area contributed by atoms with Gasteiger partial charge in [0.25, 0.3) is 0 Å². The predicted molar refractivity (Wildman–Crippen MR) is 130 cm³/mol. The lowest BCUT2D eigenvalue weighted by Gasteiger charge is -2.38. The van der Waals surface area contributed by atoms with Crippen LogP contribution in [0.1, 0.15) is 35.7 Å². The monoisotopic (exact) mass is 484 g/mol. The quantitative estimate of drug-likeness (QED) is 0.438. The normalized spacial score (nSPS) is 18.7. The maximum Gasteiger partial charge on any atom is 0.341 e. The summed E-state index contributed by atoms with van der Waals surface area (Å²) in [5.74, 6) is -1.07. The van der Waals surface area contributed by atoms with Gasteiger partial charge in [0.05, 0.1) is 30.8 Å². The number of amidine groups is 2. The highest BCUT2D eigenvalue weighted by Crippen LogP contribution is 2.38. The Hall–Kier alpha value is -3.47. The van der Waals surface area contributed by atoms with Crippen molar-refractivity contribution < 1.29 is 19.0 Å². The van der Waals surface area contributed by atoms with Gasteiger partial charge < -0.3 is 29.1 Å². The molecule has 1 aromatic heterocycles. The first-order valence-electron chi connectivity index (χ1n) is 11.9. The lowest BCUT2D eigenvalue weighted by molar-refractivity contribution is 0.0671. The van der Waals surface area contributed by atoms with Crippen LogP contribution in [0.15, 0.2) is 23.1 Å². The van der Waals surface area contributed by atoms with Crippen LogP contribution in [0.5, 0.6) is 0 Å². The van der Waals surface area contributed by atoms with Gasteiger partial charge in [-0.3, -0.25) is 15.6 Å². The van der Waals surface area contributed by atoms with E-state index in [0.29, 0.717) is 75.4 Å². The number of piperazine rings is 1. The number of ether oxygens (including phenoxy) is 1. The Balaban J connectivity index is 1.32. The molecule has 0 bridgehead atoms. The van der Waals surface area contributed by atoms with Crippen molar-refractivity contribution in [2.45, 2.75) is 25.3 Å². The molecule has 186 valence electrons. The van der Waals surface area contributed by atoms with Gasteiger partial charge in [-0.25, -0.2) is 9.18 Å². The van der Waals surface area contributed by atoms with E-state index in [2.05, 4.69) is 0 Å². The SMILES string of the molecule is N=C(CC(=N)N1CCN(c2cc3c(cc2F)c(=O)c(C(=O)O)cn3C2CC2)CC1)N1CCOCC1. The minimum absolute atomic E-state index is 0.0834. The number of rotatable bonds is 5. The van der Waals surface area contributed by atoms with E-state index in [0.717, 1.165) is 18.9 Å². The van der Waals surface area contributed by atoms with Gasteiger partial charge >= 0.3 is 5.97 Å². The Labute approximate surface area is 201 Å². The third-order valence-corrected chi connectivity index (χ3v) is 7.00. The van der Waals surface area contributed by atoms with Crippen molar-refractivity contribution in [1.82, 2.24) is 14.4 Å². The van der Waals surface area contributed by atoms with Crippen LogP contribution in [0.4, 0.5) is 10.1 Å². The first-order valence-corrected chi connectivity index (χ1v) is 11.9. The van der Waals surface area contributed by atoms with Crippen LogP contribution in [0, 0.1) is 16.6 Å². The Bertz CT molecular complexity index is 1240. The summed E-state index contributed by atoms with van der Waals surface area (Å²) in [6.45, 7) is 4.57. The number of nitrogens with one attached hydrogen (secondary N) is 2. The van der Waals surface area contributed by atoms with E-state index in [1.54, 1.807) is 10.6 Å². The molecule has 0 atom stereocenters. The first-order chi connectivity index (χ1) is 16.8. The van der Waals surface area contributed by atoms with Gasteiger partial charge in [0.15, 0.2) is 0 Å². The van der Waals surface area contributed by atoms with Crippen molar-refractivity contribution in [2.75, 3.05) is 57.4 Å². The third-order valence-electron chi connectivity index (χ3n) is 7.00. The van der Waals surface area contributed by atoms with Crippen molar-refractivity contribution >= 4 is 34.2 Å². The maximum atomic E-state index is 15.2. The Morgan fingerprint density at radius 1 is 1.03 bits per heavy atom. The van der Waals surface area contributed by atoms with E-state index in [9.17, 15) is 14.7 Å². The second kappa shape index (κ2) is 9.29. The average molecular weight is 485 g/mol. The molecule has 2 aliphatic heterocycles. The molecule has 1 aliphatic carbocycles. The molecule has 2 aromatic rings. The fourth-order valence-corrected chi connectivity index (χ4v) is 4.84. The summed E-state index contributed by atoms with van der Waals surface area (Å²) in [4.78, 5) is 30.0. The molecule has 35 heavy (non-hydrogen) atoms. The largest absolute Gasteiger partial charge is 0.477 e. The molecule has 10 nitrogen and oxygen atoms in total. The minimum atomic E-state index is -1.31. The van der Waals surface area contributed by atoms with Gasteiger partial charge in [0.1, 0.15) is 23.1 Å².